The van der Waals surface area contributed by atoms with Crippen LogP contribution in [0.15, 0.2) is 53.4 Å². The van der Waals surface area contributed by atoms with Crippen molar-refractivity contribution < 1.29 is 27.5 Å². The molecule has 1 aliphatic rings. The first-order chi connectivity index (χ1) is 14.8. The zero-order valence-corrected chi connectivity index (χ0v) is 18.4. The van der Waals surface area contributed by atoms with E-state index in [0.717, 1.165) is 0 Å². The molecule has 1 heterocycles. The van der Waals surface area contributed by atoms with Crippen LogP contribution >= 0.6 is 0 Å². The number of piperidine rings is 1. The Morgan fingerprint density at radius 3 is 2.39 bits per heavy atom. The number of benzene rings is 2. The lowest BCUT2D eigenvalue weighted by Crippen LogP contribution is -2.43. The van der Waals surface area contributed by atoms with Gasteiger partial charge in [0.15, 0.2) is 0 Å². The third-order valence-corrected chi connectivity index (χ3v) is 7.00. The minimum atomic E-state index is -3.70. The molecule has 0 unspecified atom stereocenters. The van der Waals surface area contributed by atoms with E-state index in [4.69, 9.17) is 9.47 Å². The molecule has 1 aliphatic heterocycles. The number of rotatable bonds is 7. The summed E-state index contributed by atoms with van der Waals surface area (Å²) in [6.07, 6.45) is 1.19. The Bertz CT molecular complexity index is 1020. The average molecular weight is 447 g/mol. The highest BCUT2D eigenvalue weighted by Gasteiger charge is 2.33. The molecule has 3 rings (SSSR count). The van der Waals surface area contributed by atoms with Gasteiger partial charge in [0.2, 0.25) is 15.9 Å². The maximum atomic E-state index is 13.0. The molecule has 0 bridgehead atoms. The second kappa shape index (κ2) is 9.93. The van der Waals surface area contributed by atoms with Crippen molar-refractivity contribution in [1.29, 1.82) is 0 Å². The van der Waals surface area contributed by atoms with E-state index in [1.54, 1.807) is 43.3 Å². The molecule has 0 spiro atoms. The van der Waals surface area contributed by atoms with E-state index in [0.29, 0.717) is 36.4 Å². The number of sulfonamides is 1. The molecule has 31 heavy (non-hydrogen) atoms. The monoisotopic (exact) mass is 446 g/mol. The summed E-state index contributed by atoms with van der Waals surface area (Å²) in [5.74, 6) is -0.569. The Balaban J connectivity index is 1.65. The summed E-state index contributed by atoms with van der Waals surface area (Å²) >= 11 is 0. The summed E-state index contributed by atoms with van der Waals surface area (Å²) in [4.78, 5) is 24.6. The Hall–Kier alpha value is -2.91. The van der Waals surface area contributed by atoms with Crippen LogP contribution in [0.25, 0.3) is 0 Å². The van der Waals surface area contributed by atoms with Crippen molar-refractivity contribution >= 4 is 27.6 Å². The van der Waals surface area contributed by atoms with E-state index in [9.17, 15) is 18.0 Å². The molecule has 0 aliphatic carbocycles. The molecule has 1 amide bonds. The Morgan fingerprint density at radius 1 is 1.10 bits per heavy atom. The zero-order valence-electron chi connectivity index (χ0n) is 17.5. The molecular weight excluding hydrogens is 420 g/mol. The lowest BCUT2D eigenvalue weighted by molar-refractivity contribution is -0.120. The third-order valence-electron chi connectivity index (χ3n) is 5.12. The van der Waals surface area contributed by atoms with Crippen LogP contribution in [-0.4, -0.2) is 51.4 Å². The van der Waals surface area contributed by atoms with Crippen LogP contribution in [-0.2, 0) is 19.6 Å². The van der Waals surface area contributed by atoms with Crippen molar-refractivity contribution in [3.8, 4) is 5.75 Å². The minimum Gasteiger partial charge on any atom is -0.497 e. The highest BCUT2D eigenvalue weighted by atomic mass is 32.2. The van der Waals surface area contributed by atoms with Gasteiger partial charge >= 0.3 is 5.97 Å². The highest BCUT2D eigenvalue weighted by Crippen LogP contribution is 2.26. The van der Waals surface area contributed by atoms with Crippen LogP contribution in [0.4, 0.5) is 5.69 Å². The van der Waals surface area contributed by atoms with Gasteiger partial charge in [0.1, 0.15) is 5.75 Å². The molecule has 0 aromatic heterocycles. The van der Waals surface area contributed by atoms with Gasteiger partial charge in [-0.05, 0) is 68.3 Å². The van der Waals surface area contributed by atoms with Gasteiger partial charge in [0, 0.05) is 18.8 Å². The van der Waals surface area contributed by atoms with Crippen LogP contribution in [0.5, 0.6) is 5.75 Å². The van der Waals surface area contributed by atoms with Gasteiger partial charge in [-0.2, -0.15) is 4.31 Å². The maximum absolute atomic E-state index is 13.0. The van der Waals surface area contributed by atoms with Gasteiger partial charge in [-0.15, -0.1) is 0 Å². The lowest BCUT2D eigenvalue weighted by Gasteiger charge is -2.31. The van der Waals surface area contributed by atoms with Gasteiger partial charge < -0.3 is 14.8 Å². The summed E-state index contributed by atoms with van der Waals surface area (Å²) < 4.78 is 37.3. The highest BCUT2D eigenvalue weighted by molar-refractivity contribution is 7.89. The number of nitrogens with zero attached hydrogens (tertiary/aromatic N) is 1. The summed E-state index contributed by atoms with van der Waals surface area (Å²) in [5, 5.41) is 2.81. The fraction of sp³-hybridized carbons (Fsp3) is 0.364. The molecule has 1 fully saturated rings. The summed E-state index contributed by atoms with van der Waals surface area (Å²) in [5.41, 5.74) is 0.933. The predicted octanol–water partition coefficient (Wildman–Crippen LogP) is 2.91. The summed E-state index contributed by atoms with van der Waals surface area (Å²) in [6, 6.07) is 12.6. The van der Waals surface area contributed by atoms with E-state index < -0.39 is 21.9 Å². The molecule has 0 saturated carbocycles. The molecule has 9 heteroatoms. The molecule has 1 saturated heterocycles. The number of carbonyl (C=O) groups is 2. The number of anilines is 1. The first-order valence-electron chi connectivity index (χ1n) is 10.1. The van der Waals surface area contributed by atoms with Gasteiger partial charge in [-0.25, -0.2) is 13.2 Å². The van der Waals surface area contributed by atoms with Crippen LogP contribution in [0.2, 0.25) is 0 Å². The Kier molecular flexibility index (Phi) is 7.29. The van der Waals surface area contributed by atoms with E-state index in [-0.39, 0.29) is 24.0 Å². The number of hydrogen-bond donors (Lipinski definition) is 1. The first-order valence-corrected chi connectivity index (χ1v) is 11.5. The SMILES string of the molecule is CCOC(=O)c1ccc(NC(=O)[C@@H]2CCCN(S(=O)(=O)c3ccc(OC)cc3)C2)cc1. The number of amides is 1. The number of esters is 1. The normalized spacial score (nSPS) is 17.0. The van der Waals surface area contributed by atoms with Gasteiger partial charge in [-0.3, -0.25) is 4.79 Å². The fourth-order valence-electron chi connectivity index (χ4n) is 3.42. The van der Waals surface area contributed by atoms with Crippen molar-refractivity contribution in [3.05, 3.63) is 54.1 Å². The molecule has 8 nitrogen and oxygen atoms in total. The lowest BCUT2D eigenvalue weighted by atomic mass is 9.98. The van der Waals surface area contributed by atoms with Crippen LogP contribution in [0, 0.1) is 5.92 Å². The fourth-order valence-corrected chi connectivity index (χ4v) is 4.94. The van der Waals surface area contributed by atoms with Crippen molar-refractivity contribution in [2.24, 2.45) is 5.92 Å². The molecule has 166 valence electrons. The number of hydrogen-bond acceptors (Lipinski definition) is 6. The molecular formula is C22H26N2O6S. The number of ether oxygens (including phenoxy) is 2. The maximum Gasteiger partial charge on any atom is 0.338 e. The van der Waals surface area contributed by atoms with Crippen molar-refractivity contribution in [1.82, 2.24) is 4.31 Å². The molecule has 0 radical (unpaired) electrons. The van der Waals surface area contributed by atoms with Crippen molar-refractivity contribution in [3.63, 3.8) is 0 Å². The van der Waals surface area contributed by atoms with Crippen LogP contribution in [0.1, 0.15) is 30.1 Å². The molecule has 1 N–H and O–H groups in total. The second-order valence-electron chi connectivity index (χ2n) is 7.16. The number of carbonyl (C=O) groups excluding carboxylic acids is 2. The van der Waals surface area contributed by atoms with Crippen LogP contribution in [0.3, 0.4) is 0 Å². The molecule has 1 atom stereocenters. The van der Waals surface area contributed by atoms with Gasteiger partial charge in [0.25, 0.3) is 0 Å². The van der Waals surface area contributed by atoms with Crippen LogP contribution < -0.4 is 10.1 Å². The van der Waals surface area contributed by atoms with E-state index in [1.165, 1.54) is 23.5 Å². The second-order valence-corrected chi connectivity index (χ2v) is 9.10. The van der Waals surface area contributed by atoms with Crippen molar-refractivity contribution in [2.75, 3.05) is 32.1 Å². The average Bonchev–Trinajstić information content (AvgIpc) is 2.79. The topological polar surface area (TPSA) is 102 Å². The Labute approximate surface area is 182 Å². The predicted molar refractivity (Wildman–Crippen MR) is 116 cm³/mol. The van der Waals surface area contributed by atoms with E-state index in [2.05, 4.69) is 5.32 Å². The largest absolute Gasteiger partial charge is 0.497 e. The zero-order chi connectivity index (χ0) is 22.4. The minimum absolute atomic E-state index is 0.112. The quantitative estimate of drug-likeness (QED) is 0.656. The molecule has 2 aromatic carbocycles. The van der Waals surface area contributed by atoms with Crippen molar-refractivity contribution in [2.45, 2.75) is 24.7 Å². The number of nitrogens with one attached hydrogen (secondary N) is 1. The standard InChI is InChI=1S/C22H26N2O6S/c1-3-30-22(26)16-6-8-18(9-7-16)23-21(25)17-5-4-14-24(15-17)31(27,28)20-12-10-19(29-2)11-13-20/h6-13,17H,3-5,14-15H2,1-2H3,(H,23,25)/t17-/m1/s1. The Morgan fingerprint density at radius 2 is 1.77 bits per heavy atom. The summed E-state index contributed by atoms with van der Waals surface area (Å²) in [7, 11) is -2.18. The third kappa shape index (κ3) is 5.42. The molecule has 2 aromatic rings. The van der Waals surface area contributed by atoms with Gasteiger partial charge in [0.05, 0.1) is 30.1 Å². The van der Waals surface area contributed by atoms with E-state index in [1.807, 2.05) is 0 Å². The first kappa shape index (κ1) is 22.8. The summed E-state index contributed by atoms with van der Waals surface area (Å²) in [6.45, 7) is 2.50. The smallest absolute Gasteiger partial charge is 0.338 e. The van der Waals surface area contributed by atoms with Gasteiger partial charge in [-0.1, -0.05) is 0 Å². The number of methoxy groups -OCH3 is 1. The van der Waals surface area contributed by atoms with E-state index >= 15 is 0 Å².